The molecule has 2 aliphatic heterocycles. The molecule has 1 atom stereocenters. The van der Waals surface area contributed by atoms with E-state index in [-0.39, 0.29) is 0 Å². The Morgan fingerprint density at radius 1 is 1.09 bits per heavy atom. The molecule has 124 valence electrons. The highest BCUT2D eigenvalue weighted by atomic mass is 15.2. The van der Waals surface area contributed by atoms with Crippen LogP contribution in [-0.2, 0) is 6.42 Å². The average Bonchev–Trinajstić information content (AvgIpc) is 2.84. The monoisotopic (exact) mass is 313 g/mol. The number of nitrogens with zero attached hydrogens (tertiary/aromatic N) is 4. The molecule has 0 spiro atoms. The first-order chi connectivity index (χ1) is 11.2. The molecule has 5 nitrogen and oxygen atoms in total. The van der Waals surface area contributed by atoms with Crippen molar-refractivity contribution in [3.05, 3.63) is 17.5 Å². The molecule has 0 amide bonds. The quantitative estimate of drug-likeness (QED) is 0.804. The minimum atomic E-state index is 0.374. The molecule has 23 heavy (non-hydrogen) atoms. The SMILES string of the molecule is CC.Cc1cc2nc(N)nc3c2c(n1)CCC1CCCCCN31. The number of fused-ring (bicyclic) bond motifs is 2. The van der Waals surface area contributed by atoms with E-state index in [1.807, 2.05) is 26.8 Å². The van der Waals surface area contributed by atoms with Crippen LogP contribution in [0.15, 0.2) is 6.07 Å². The lowest BCUT2D eigenvalue weighted by Crippen LogP contribution is -2.35. The van der Waals surface area contributed by atoms with Crippen LogP contribution in [0.2, 0.25) is 0 Å². The van der Waals surface area contributed by atoms with Crippen molar-refractivity contribution in [2.45, 2.75) is 65.3 Å². The molecule has 0 bridgehead atoms. The van der Waals surface area contributed by atoms with E-state index in [2.05, 4.69) is 14.9 Å². The van der Waals surface area contributed by atoms with Gasteiger partial charge in [0, 0.05) is 18.3 Å². The van der Waals surface area contributed by atoms with Crippen LogP contribution >= 0.6 is 0 Å². The summed E-state index contributed by atoms with van der Waals surface area (Å²) in [5, 5.41) is 1.12. The normalized spacial score (nSPS) is 20.1. The Morgan fingerprint density at radius 2 is 1.91 bits per heavy atom. The fourth-order valence-corrected chi connectivity index (χ4v) is 3.81. The van der Waals surface area contributed by atoms with Gasteiger partial charge in [0.1, 0.15) is 5.82 Å². The fourth-order valence-electron chi connectivity index (χ4n) is 3.81. The third kappa shape index (κ3) is 2.96. The van der Waals surface area contributed by atoms with Crippen LogP contribution in [0, 0.1) is 6.92 Å². The van der Waals surface area contributed by atoms with E-state index in [4.69, 9.17) is 10.7 Å². The smallest absolute Gasteiger partial charge is 0.222 e. The van der Waals surface area contributed by atoms with Crippen LogP contribution in [-0.4, -0.2) is 27.5 Å². The molecule has 2 aromatic rings. The predicted octanol–water partition coefficient (Wildman–Crippen LogP) is 3.64. The Kier molecular flexibility index (Phi) is 4.64. The predicted molar refractivity (Wildman–Crippen MR) is 95.8 cm³/mol. The fraction of sp³-hybridized carbons (Fsp3) is 0.611. The minimum absolute atomic E-state index is 0.374. The molecule has 1 fully saturated rings. The van der Waals surface area contributed by atoms with E-state index in [0.29, 0.717) is 12.0 Å². The summed E-state index contributed by atoms with van der Waals surface area (Å²) in [7, 11) is 0. The van der Waals surface area contributed by atoms with Crippen molar-refractivity contribution in [2.24, 2.45) is 0 Å². The number of aryl methyl sites for hydroxylation is 2. The van der Waals surface area contributed by atoms with Gasteiger partial charge in [-0.1, -0.05) is 26.7 Å². The van der Waals surface area contributed by atoms with E-state index < -0.39 is 0 Å². The highest BCUT2D eigenvalue weighted by molar-refractivity contribution is 5.93. The molecule has 2 aliphatic rings. The van der Waals surface area contributed by atoms with Gasteiger partial charge in [0.2, 0.25) is 5.95 Å². The first kappa shape index (κ1) is 16.0. The summed E-state index contributed by atoms with van der Waals surface area (Å²) < 4.78 is 0. The number of anilines is 2. The van der Waals surface area contributed by atoms with Crippen molar-refractivity contribution >= 4 is 22.7 Å². The molecule has 0 radical (unpaired) electrons. The summed E-state index contributed by atoms with van der Waals surface area (Å²) in [5.74, 6) is 1.39. The van der Waals surface area contributed by atoms with E-state index in [1.165, 1.54) is 25.7 Å². The molecule has 2 aromatic heterocycles. The van der Waals surface area contributed by atoms with E-state index in [0.717, 1.165) is 47.5 Å². The first-order valence-electron chi connectivity index (χ1n) is 8.93. The van der Waals surface area contributed by atoms with Crippen molar-refractivity contribution in [3.63, 3.8) is 0 Å². The molecule has 5 heteroatoms. The molecule has 0 aromatic carbocycles. The third-order valence-electron chi connectivity index (χ3n) is 4.74. The zero-order valence-electron chi connectivity index (χ0n) is 14.5. The number of hydrogen-bond acceptors (Lipinski definition) is 5. The number of aromatic nitrogens is 3. The van der Waals surface area contributed by atoms with Crippen molar-refractivity contribution in [2.75, 3.05) is 17.2 Å². The van der Waals surface area contributed by atoms with Gasteiger partial charge in [0.05, 0.1) is 16.6 Å². The maximum atomic E-state index is 5.97. The van der Waals surface area contributed by atoms with Crippen molar-refractivity contribution in [3.8, 4) is 0 Å². The average molecular weight is 313 g/mol. The number of pyridine rings is 1. The summed E-state index contributed by atoms with van der Waals surface area (Å²) in [6.45, 7) is 7.10. The Hall–Kier alpha value is -1.91. The van der Waals surface area contributed by atoms with Gasteiger partial charge in [0.15, 0.2) is 0 Å². The number of nitrogen functional groups attached to an aromatic ring is 1. The van der Waals surface area contributed by atoms with Crippen LogP contribution in [0.4, 0.5) is 11.8 Å². The van der Waals surface area contributed by atoms with Crippen molar-refractivity contribution in [1.82, 2.24) is 15.0 Å². The van der Waals surface area contributed by atoms with Crippen molar-refractivity contribution < 1.29 is 0 Å². The second-order valence-corrected chi connectivity index (χ2v) is 6.25. The Labute approximate surface area is 138 Å². The number of hydrogen-bond donors (Lipinski definition) is 1. The Morgan fingerprint density at radius 3 is 2.74 bits per heavy atom. The van der Waals surface area contributed by atoms with Gasteiger partial charge in [-0.15, -0.1) is 0 Å². The molecule has 0 aliphatic carbocycles. The Balaban J connectivity index is 0.000000753. The largest absolute Gasteiger partial charge is 0.368 e. The summed E-state index contributed by atoms with van der Waals surface area (Å²) in [5.41, 5.74) is 9.08. The summed E-state index contributed by atoms with van der Waals surface area (Å²) >= 11 is 0. The highest BCUT2D eigenvalue weighted by Crippen LogP contribution is 2.36. The lowest BCUT2D eigenvalue weighted by Gasteiger charge is -2.30. The van der Waals surface area contributed by atoms with Crippen LogP contribution in [0.5, 0.6) is 0 Å². The summed E-state index contributed by atoms with van der Waals surface area (Å²) in [6, 6.07) is 2.60. The van der Waals surface area contributed by atoms with Gasteiger partial charge in [-0.05, 0) is 38.7 Å². The number of nitrogens with two attached hydrogens (primary N) is 1. The third-order valence-corrected chi connectivity index (χ3v) is 4.74. The second-order valence-electron chi connectivity index (χ2n) is 6.25. The van der Waals surface area contributed by atoms with Crippen LogP contribution < -0.4 is 10.6 Å². The maximum absolute atomic E-state index is 5.97. The van der Waals surface area contributed by atoms with Gasteiger partial charge in [-0.2, -0.15) is 4.98 Å². The molecule has 4 rings (SSSR count). The lowest BCUT2D eigenvalue weighted by atomic mass is 10.0. The van der Waals surface area contributed by atoms with Crippen LogP contribution in [0.3, 0.4) is 0 Å². The Bertz CT molecular complexity index is 692. The minimum Gasteiger partial charge on any atom is -0.368 e. The standard InChI is InChI=1S/C16H21N5.C2H6/c1-10-9-13-14-12(18-10)7-6-11-5-3-2-4-8-21(11)15(14)20-16(17)19-13;1-2/h9,11H,2-8H2,1H3,(H2,17,19,20);1-2H3. The summed E-state index contributed by atoms with van der Waals surface area (Å²) in [4.78, 5) is 16.3. The maximum Gasteiger partial charge on any atom is 0.222 e. The second kappa shape index (κ2) is 6.69. The van der Waals surface area contributed by atoms with E-state index in [1.54, 1.807) is 0 Å². The van der Waals surface area contributed by atoms with Gasteiger partial charge in [-0.3, -0.25) is 4.98 Å². The molecule has 1 unspecified atom stereocenters. The van der Waals surface area contributed by atoms with Crippen LogP contribution in [0.1, 0.15) is 57.3 Å². The lowest BCUT2D eigenvalue weighted by molar-refractivity contribution is 0.535. The molecule has 2 N–H and O–H groups in total. The molecular formula is C18H27N5. The molecule has 4 heterocycles. The van der Waals surface area contributed by atoms with Gasteiger partial charge in [-0.25, -0.2) is 4.98 Å². The first-order valence-corrected chi connectivity index (χ1v) is 8.93. The van der Waals surface area contributed by atoms with E-state index >= 15 is 0 Å². The highest BCUT2D eigenvalue weighted by Gasteiger charge is 2.29. The zero-order valence-corrected chi connectivity index (χ0v) is 14.5. The van der Waals surface area contributed by atoms with Crippen LogP contribution in [0.25, 0.3) is 10.9 Å². The number of rotatable bonds is 0. The van der Waals surface area contributed by atoms with Crippen molar-refractivity contribution in [1.29, 1.82) is 0 Å². The van der Waals surface area contributed by atoms with Gasteiger partial charge in [0.25, 0.3) is 0 Å². The topological polar surface area (TPSA) is 67.9 Å². The zero-order chi connectivity index (χ0) is 16.4. The molecule has 0 saturated carbocycles. The molecule has 1 saturated heterocycles. The van der Waals surface area contributed by atoms with E-state index in [9.17, 15) is 0 Å². The van der Waals surface area contributed by atoms with Gasteiger partial charge < -0.3 is 10.6 Å². The van der Waals surface area contributed by atoms with Gasteiger partial charge >= 0.3 is 0 Å². The molecular weight excluding hydrogens is 286 g/mol. The summed E-state index contributed by atoms with van der Waals surface area (Å²) in [6.07, 6.45) is 7.28.